The van der Waals surface area contributed by atoms with E-state index < -0.39 is 22.0 Å². The van der Waals surface area contributed by atoms with E-state index in [1.807, 2.05) is 0 Å². The number of nitrogens with one attached hydrogen (secondary N) is 1. The van der Waals surface area contributed by atoms with Crippen molar-refractivity contribution in [1.29, 1.82) is 0 Å². The fourth-order valence-electron chi connectivity index (χ4n) is 2.33. The Bertz CT molecular complexity index is 677. The Morgan fingerprint density at radius 2 is 2.04 bits per heavy atom. The lowest BCUT2D eigenvalue weighted by molar-refractivity contribution is -0.118. The van der Waals surface area contributed by atoms with E-state index in [-0.39, 0.29) is 35.3 Å². The highest BCUT2D eigenvalue weighted by atomic mass is 35.5. The van der Waals surface area contributed by atoms with Crippen molar-refractivity contribution in [2.45, 2.75) is 23.8 Å². The van der Waals surface area contributed by atoms with Crippen LogP contribution in [0.3, 0.4) is 0 Å². The summed E-state index contributed by atoms with van der Waals surface area (Å²) in [5.41, 5.74) is 5.61. The Balaban J connectivity index is 0.00000288. The summed E-state index contributed by atoms with van der Waals surface area (Å²) in [5, 5.41) is 12.3. The Morgan fingerprint density at radius 1 is 1.42 bits per heavy atom. The maximum atomic E-state index is 12.5. The van der Waals surface area contributed by atoms with E-state index in [2.05, 4.69) is 5.32 Å². The number of phenolic OH excluding ortho intramolecular Hbond substituents is 1. The van der Waals surface area contributed by atoms with Crippen LogP contribution in [0.2, 0.25) is 0 Å². The summed E-state index contributed by atoms with van der Waals surface area (Å²) >= 11 is 0. The van der Waals surface area contributed by atoms with Crippen molar-refractivity contribution < 1.29 is 23.1 Å². The van der Waals surface area contributed by atoms with Gasteiger partial charge in [-0.15, -0.1) is 12.4 Å². The molecule has 1 fully saturated rings. The van der Waals surface area contributed by atoms with Crippen LogP contribution in [0, 0.1) is 0 Å². The van der Waals surface area contributed by atoms with Crippen LogP contribution < -0.4 is 11.1 Å². The van der Waals surface area contributed by atoms with Gasteiger partial charge in [0.25, 0.3) is 0 Å². The van der Waals surface area contributed by atoms with Crippen molar-refractivity contribution in [3.05, 3.63) is 18.2 Å². The van der Waals surface area contributed by atoms with Crippen molar-refractivity contribution in [3.8, 4) is 5.75 Å². The standard InChI is InChI=1S/C14H21N3O5S.ClH/c1-22-9-11(15)14(19)16-12-8-10(4-5-13(12)18)23(20,21)17-6-2-3-7-17;/h4-5,8,11,18H,2-3,6-7,9,15H2,1H3,(H,16,19);1H. The van der Waals surface area contributed by atoms with Crippen LogP contribution in [-0.4, -0.2) is 56.6 Å². The lowest BCUT2D eigenvalue weighted by Gasteiger charge is -2.17. The number of hydrogen-bond acceptors (Lipinski definition) is 6. The van der Waals surface area contributed by atoms with Crippen LogP contribution in [0.25, 0.3) is 0 Å². The topological polar surface area (TPSA) is 122 Å². The van der Waals surface area contributed by atoms with E-state index in [1.54, 1.807) is 0 Å². The van der Waals surface area contributed by atoms with Crippen molar-refractivity contribution in [1.82, 2.24) is 4.31 Å². The molecule has 10 heteroatoms. The van der Waals surface area contributed by atoms with Gasteiger partial charge in [0.05, 0.1) is 17.2 Å². The van der Waals surface area contributed by atoms with Gasteiger partial charge in [0.2, 0.25) is 15.9 Å². The molecule has 0 saturated carbocycles. The Hall–Kier alpha value is -1.39. The smallest absolute Gasteiger partial charge is 0.243 e. The third-order valence-electron chi connectivity index (χ3n) is 3.61. The van der Waals surface area contributed by atoms with Gasteiger partial charge < -0.3 is 20.9 Å². The van der Waals surface area contributed by atoms with E-state index in [0.29, 0.717) is 13.1 Å². The molecule has 1 atom stereocenters. The largest absolute Gasteiger partial charge is 0.506 e. The van der Waals surface area contributed by atoms with Crippen LogP contribution >= 0.6 is 12.4 Å². The molecule has 1 aromatic carbocycles. The van der Waals surface area contributed by atoms with Gasteiger partial charge >= 0.3 is 0 Å². The summed E-state index contributed by atoms with van der Waals surface area (Å²) in [4.78, 5) is 11.9. The molecule has 136 valence electrons. The first-order valence-electron chi connectivity index (χ1n) is 7.25. The van der Waals surface area contributed by atoms with Crippen molar-refractivity contribution >= 4 is 34.0 Å². The van der Waals surface area contributed by atoms with Crippen LogP contribution in [0.4, 0.5) is 5.69 Å². The molecule has 1 saturated heterocycles. The molecular weight excluding hydrogens is 358 g/mol. The minimum Gasteiger partial charge on any atom is -0.506 e. The molecule has 8 nitrogen and oxygen atoms in total. The van der Waals surface area contributed by atoms with Crippen LogP contribution in [-0.2, 0) is 19.6 Å². The number of nitrogens with two attached hydrogens (primary N) is 1. The first-order chi connectivity index (χ1) is 10.9. The predicted octanol–water partition coefficient (Wildman–Crippen LogP) is 0.511. The number of carbonyl (C=O) groups excluding carboxylic acids is 1. The van der Waals surface area contributed by atoms with Crippen LogP contribution in [0.5, 0.6) is 5.75 Å². The fourth-order valence-corrected chi connectivity index (χ4v) is 3.88. The fraction of sp³-hybridized carbons (Fsp3) is 0.500. The number of benzene rings is 1. The number of rotatable bonds is 6. The lowest BCUT2D eigenvalue weighted by atomic mass is 10.2. The summed E-state index contributed by atoms with van der Waals surface area (Å²) in [7, 11) is -2.22. The molecule has 0 aromatic heterocycles. The highest BCUT2D eigenvalue weighted by molar-refractivity contribution is 7.89. The van der Waals surface area contributed by atoms with Gasteiger partial charge in [-0.1, -0.05) is 0 Å². The van der Waals surface area contributed by atoms with E-state index >= 15 is 0 Å². The summed E-state index contributed by atoms with van der Waals surface area (Å²) in [5.74, 6) is -0.804. The van der Waals surface area contributed by atoms with Crippen molar-refractivity contribution in [2.75, 3.05) is 32.1 Å². The first-order valence-corrected chi connectivity index (χ1v) is 8.69. The second kappa shape index (κ2) is 8.63. The van der Waals surface area contributed by atoms with Crippen LogP contribution in [0.1, 0.15) is 12.8 Å². The summed E-state index contributed by atoms with van der Waals surface area (Å²) < 4.78 is 31.2. The number of halogens is 1. The average molecular weight is 380 g/mol. The quantitative estimate of drug-likeness (QED) is 0.619. The number of sulfonamides is 1. The minimum absolute atomic E-state index is 0. The molecule has 1 heterocycles. The molecule has 1 amide bonds. The highest BCUT2D eigenvalue weighted by Crippen LogP contribution is 2.29. The molecule has 0 aliphatic carbocycles. The van der Waals surface area contributed by atoms with Gasteiger partial charge in [-0.3, -0.25) is 4.79 Å². The number of aromatic hydroxyl groups is 1. The number of anilines is 1. The normalized spacial score (nSPS) is 16.4. The van der Waals surface area contributed by atoms with E-state index in [1.165, 1.54) is 29.6 Å². The number of ether oxygens (including phenoxy) is 1. The SMILES string of the molecule is COCC(N)C(=O)Nc1cc(S(=O)(=O)N2CCCC2)ccc1O.Cl. The molecule has 1 aromatic rings. The van der Waals surface area contributed by atoms with Gasteiger partial charge in [0.15, 0.2) is 0 Å². The maximum Gasteiger partial charge on any atom is 0.243 e. The number of phenols is 1. The zero-order valence-electron chi connectivity index (χ0n) is 13.3. The van der Waals surface area contributed by atoms with E-state index in [4.69, 9.17) is 10.5 Å². The van der Waals surface area contributed by atoms with Gasteiger partial charge in [-0.05, 0) is 31.0 Å². The molecule has 2 rings (SSSR count). The van der Waals surface area contributed by atoms with Gasteiger partial charge in [0, 0.05) is 20.2 Å². The third kappa shape index (κ3) is 4.58. The second-order valence-electron chi connectivity index (χ2n) is 5.34. The zero-order valence-corrected chi connectivity index (χ0v) is 14.9. The van der Waals surface area contributed by atoms with Gasteiger partial charge in [-0.2, -0.15) is 4.31 Å². The molecule has 4 N–H and O–H groups in total. The molecule has 1 aliphatic heterocycles. The Kier molecular flexibility index (Phi) is 7.43. The van der Waals surface area contributed by atoms with Crippen LogP contribution in [0.15, 0.2) is 23.1 Å². The number of carbonyl (C=O) groups is 1. The van der Waals surface area contributed by atoms with E-state index in [9.17, 15) is 18.3 Å². The monoisotopic (exact) mass is 379 g/mol. The maximum absolute atomic E-state index is 12.5. The number of nitrogens with zero attached hydrogens (tertiary/aromatic N) is 1. The molecule has 0 radical (unpaired) electrons. The second-order valence-corrected chi connectivity index (χ2v) is 7.28. The summed E-state index contributed by atoms with van der Waals surface area (Å²) in [6, 6.07) is 2.87. The minimum atomic E-state index is -3.63. The zero-order chi connectivity index (χ0) is 17.0. The predicted molar refractivity (Wildman–Crippen MR) is 91.8 cm³/mol. The molecular formula is C14H22ClN3O5S. The van der Waals surface area contributed by atoms with Crippen molar-refractivity contribution in [2.24, 2.45) is 5.73 Å². The molecule has 24 heavy (non-hydrogen) atoms. The van der Waals surface area contributed by atoms with Gasteiger partial charge in [-0.25, -0.2) is 8.42 Å². The van der Waals surface area contributed by atoms with E-state index in [0.717, 1.165) is 12.8 Å². The molecule has 1 unspecified atom stereocenters. The van der Waals surface area contributed by atoms with Crippen molar-refractivity contribution in [3.63, 3.8) is 0 Å². The Labute approximate surface area is 147 Å². The third-order valence-corrected chi connectivity index (χ3v) is 5.51. The highest BCUT2D eigenvalue weighted by Gasteiger charge is 2.28. The first kappa shape index (κ1) is 20.7. The van der Waals surface area contributed by atoms with Gasteiger partial charge in [0.1, 0.15) is 11.8 Å². The number of amides is 1. The molecule has 1 aliphatic rings. The number of methoxy groups -OCH3 is 1. The summed E-state index contributed by atoms with van der Waals surface area (Å²) in [6.07, 6.45) is 1.65. The molecule has 0 bridgehead atoms. The lowest BCUT2D eigenvalue weighted by Crippen LogP contribution is -2.39. The molecule has 0 spiro atoms. The number of hydrogen-bond donors (Lipinski definition) is 3. The Morgan fingerprint density at radius 3 is 2.62 bits per heavy atom. The average Bonchev–Trinajstić information content (AvgIpc) is 3.04. The summed E-state index contributed by atoms with van der Waals surface area (Å²) in [6.45, 7) is 0.964.